The Morgan fingerprint density at radius 2 is 0.937 bits per heavy atom. The van der Waals surface area contributed by atoms with Gasteiger partial charge in [0.1, 0.15) is 0 Å². The molecule has 0 bridgehead atoms. The minimum Gasteiger partial charge on any atom is -0.383 e. The van der Waals surface area contributed by atoms with Gasteiger partial charge in [0.2, 0.25) is 0 Å². The van der Waals surface area contributed by atoms with Gasteiger partial charge in [-0.2, -0.15) is 0 Å². The average Bonchev–Trinajstić information content (AvgIpc) is 3.26. The summed E-state index contributed by atoms with van der Waals surface area (Å²) in [7, 11) is 13.5. The molecule has 4 aromatic heterocycles. The summed E-state index contributed by atoms with van der Waals surface area (Å²) in [5, 5.41) is 5.57. The quantitative estimate of drug-likeness (QED) is 0.106. The van der Waals surface area contributed by atoms with E-state index in [-0.39, 0.29) is 23.9 Å². The molecule has 16 nitrogen and oxygen atoms in total. The molecule has 0 saturated heterocycles. The van der Waals surface area contributed by atoms with E-state index in [2.05, 4.69) is 15.1 Å². The van der Waals surface area contributed by atoms with E-state index in [1.54, 1.807) is 66.7 Å². The lowest BCUT2D eigenvalue weighted by atomic mass is 10.0. The summed E-state index contributed by atoms with van der Waals surface area (Å²) in [6.45, 7) is 5.35. The van der Waals surface area contributed by atoms with Gasteiger partial charge in [-0.25, -0.2) is 9.59 Å². The van der Waals surface area contributed by atoms with Crippen molar-refractivity contribution in [2.75, 3.05) is 112 Å². The lowest BCUT2D eigenvalue weighted by Crippen LogP contribution is -2.41. The number of anilines is 2. The molecule has 8 rings (SSSR count). The number of hydrogen-bond donors (Lipinski definition) is 1. The smallest absolute Gasteiger partial charge is 0.336 e. The van der Waals surface area contributed by atoms with Crippen LogP contribution in [0.2, 0.25) is 0 Å². The minimum absolute atomic E-state index is 0.220. The number of hydrogen-bond acceptors (Lipinski definition) is 12. The third-order valence-electron chi connectivity index (χ3n) is 12.3. The largest absolute Gasteiger partial charge is 0.383 e. The fourth-order valence-electron chi connectivity index (χ4n) is 8.62. The Morgan fingerprint density at radius 3 is 1.48 bits per heavy atom. The predicted molar refractivity (Wildman–Crippen MR) is 255 cm³/mol. The van der Waals surface area contributed by atoms with Gasteiger partial charge in [-0.05, 0) is 90.8 Å². The highest BCUT2D eigenvalue weighted by Crippen LogP contribution is 2.29. The number of rotatable bonds is 17. The number of nitrogens with one attached hydrogen (secondary N) is 1. The van der Waals surface area contributed by atoms with Crippen LogP contribution in [-0.2, 0) is 13.1 Å². The zero-order valence-electron chi connectivity index (χ0n) is 37.0. The van der Waals surface area contributed by atoms with Crippen LogP contribution < -0.4 is 43.6 Å². The molecule has 0 atom stereocenters. The molecular weight excluding hydrogens is 801 g/mol. The van der Waals surface area contributed by atoms with Crippen molar-refractivity contribution in [3.8, 4) is 0 Å². The Morgan fingerprint density at radius 1 is 0.476 bits per heavy atom. The summed E-state index contributed by atoms with van der Waals surface area (Å²) in [5.41, 5.74) is 0.616. The van der Waals surface area contributed by atoms with Gasteiger partial charge < -0.3 is 29.8 Å². The summed E-state index contributed by atoms with van der Waals surface area (Å²) in [6, 6.07) is 21.1. The molecule has 16 heteroatoms. The summed E-state index contributed by atoms with van der Waals surface area (Å²) in [5.74, 6) is 0. The second-order valence-electron chi connectivity index (χ2n) is 17.1. The van der Waals surface area contributed by atoms with Gasteiger partial charge in [-0.3, -0.25) is 37.1 Å². The molecule has 0 aliphatic carbocycles. The lowest BCUT2D eigenvalue weighted by Gasteiger charge is -2.27. The highest BCUT2D eigenvalue weighted by atomic mass is 16.2. The van der Waals surface area contributed by atoms with Crippen LogP contribution >= 0.6 is 0 Å². The molecule has 4 aromatic carbocycles. The van der Waals surface area contributed by atoms with Crippen molar-refractivity contribution >= 4 is 65.8 Å². The average molecular weight is 855 g/mol. The molecule has 0 saturated carbocycles. The monoisotopic (exact) mass is 854 g/mol. The summed E-state index contributed by atoms with van der Waals surface area (Å²) in [6.07, 6.45) is 0. The Bertz CT molecular complexity index is 3390. The number of fused-ring (bicyclic) bond motifs is 4. The first-order chi connectivity index (χ1) is 30.2. The van der Waals surface area contributed by atoms with Gasteiger partial charge in [0.15, 0.2) is 10.9 Å². The molecule has 0 aliphatic rings. The molecule has 8 aromatic rings. The SMILES string of the molecule is CN(C)CCn1c(=O)c2ccc(NCCN(C)CCN(C)CCN(C)c3ccc4c(=O)n(CCN(C)C)c(=O)n5c6ccccc6c(=O)c3c45)c3c(=O)c4ccccc4n(c1=O)c23. The molecule has 0 radical (unpaired) electrons. The first-order valence-corrected chi connectivity index (χ1v) is 21.2. The second kappa shape index (κ2) is 17.4. The maximum absolute atomic E-state index is 14.2. The van der Waals surface area contributed by atoms with E-state index in [0.29, 0.717) is 105 Å². The number of nitrogens with zero attached hydrogens (tertiary/aromatic N) is 9. The Balaban J connectivity index is 0.964. The summed E-state index contributed by atoms with van der Waals surface area (Å²) < 4.78 is 5.55. The number of aromatic nitrogens is 4. The third-order valence-corrected chi connectivity index (χ3v) is 12.3. The van der Waals surface area contributed by atoms with E-state index in [4.69, 9.17) is 0 Å². The second-order valence-corrected chi connectivity index (χ2v) is 17.1. The van der Waals surface area contributed by atoms with Gasteiger partial charge in [-0.1, -0.05) is 24.3 Å². The Labute approximate surface area is 362 Å². The van der Waals surface area contributed by atoms with E-state index in [0.717, 1.165) is 13.1 Å². The molecular formula is C47H54N10O6. The van der Waals surface area contributed by atoms with Crippen LogP contribution in [-0.4, -0.2) is 139 Å². The fraction of sp³-hybridized carbons (Fsp3) is 0.362. The highest BCUT2D eigenvalue weighted by molar-refractivity contribution is 6.08. The van der Waals surface area contributed by atoms with Crippen LogP contribution in [0, 0.1) is 0 Å². The molecule has 1 N–H and O–H groups in total. The van der Waals surface area contributed by atoms with Crippen molar-refractivity contribution in [1.29, 1.82) is 0 Å². The van der Waals surface area contributed by atoms with Crippen LogP contribution in [0.25, 0.3) is 54.4 Å². The van der Waals surface area contributed by atoms with Crippen molar-refractivity contribution in [2.24, 2.45) is 0 Å². The number of likely N-dealkylation sites (N-methyl/N-ethyl adjacent to an activating group) is 5. The van der Waals surface area contributed by atoms with Crippen LogP contribution in [0.4, 0.5) is 11.4 Å². The molecule has 0 unspecified atom stereocenters. The standard InChI is InChI=1S/C47H54N10O6/c1-49(2)22-28-54-44(60)32-16-18-34(38-40(32)56(46(54)62)35-14-10-8-12-30(35)42(38)58)48-20-21-51(5)24-25-52(6)26-27-53(7)37-19-17-33-41-39(37)43(59)31-13-9-11-15-36(31)57(41)47(63)55(45(33)61)29-23-50(3)4/h8-19,48H,20-29H2,1-7H3. The normalized spacial score (nSPS) is 12.4. The Hall–Kier alpha value is -6.46. The molecule has 328 valence electrons. The molecule has 63 heavy (non-hydrogen) atoms. The topological polar surface area (TPSA) is 149 Å². The first kappa shape index (κ1) is 43.2. The number of benzene rings is 4. The lowest BCUT2D eigenvalue weighted by molar-refractivity contribution is 0.265. The maximum atomic E-state index is 14.2. The Kier molecular flexibility index (Phi) is 11.9. The van der Waals surface area contributed by atoms with Crippen LogP contribution in [0.15, 0.2) is 102 Å². The van der Waals surface area contributed by atoms with Gasteiger partial charge in [0.25, 0.3) is 11.1 Å². The van der Waals surface area contributed by atoms with E-state index in [1.165, 1.54) is 17.9 Å². The van der Waals surface area contributed by atoms with E-state index in [1.807, 2.05) is 70.1 Å². The molecule has 0 aliphatic heterocycles. The number of para-hydroxylation sites is 2. The highest BCUT2D eigenvalue weighted by Gasteiger charge is 2.24. The first-order valence-electron chi connectivity index (χ1n) is 21.2. The summed E-state index contributed by atoms with van der Waals surface area (Å²) >= 11 is 0. The van der Waals surface area contributed by atoms with Crippen LogP contribution in [0.3, 0.4) is 0 Å². The molecule has 0 fully saturated rings. The van der Waals surface area contributed by atoms with E-state index < -0.39 is 22.5 Å². The van der Waals surface area contributed by atoms with E-state index in [9.17, 15) is 28.8 Å². The summed E-state index contributed by atoms with van der Waals surface area (Å²) in [4.78, 5) is 93.8. The van der Waals surface area contributed by atoms with E-state index >= 15 is 0 Å². The van der Waals surface area contributed by atoms with Crippen molar-refractivity contribution in [2.45, 2.75) is 13.1 Å². The zero-order chi connectivity index (χ0) is 44.9. The fourth-order valence-corrected chi connectivity index (χ4v) is 8.62. The number of pyridine rings is 2. The maximum Gasteiger partial charge on any atom is 0.336 e. The molecule has 0 amide bonds. The minimum atomic E-state index is -0.471. The van der Waals surface area contributed by atoms with Gasteiger partial charge in [0.05, 0.1) is 43.6 Å². The zero-order valence-corrected chi connectivity index (χ0v) is 37.0. The van der Waals surface area contributed by atoms with Crippen molar-refractivity contribution in [1.82, 2.24) is 37.5 Å². The van der Waals surface area contributed by atoms with Crippen LogP contribution in [0.1, 0.15) is 0 Å². The van der Waals surface area contributed by atoms with Gasteiger partial charge >= 0.3 is 11.4 Å². The van der Waals surface area contributed by atoms with Crippen molar-refractivity contribution in [3.63, 3.8) is 0 Å². The molecule has 4 heterocycles. The third kappa shape index (κ3) is 7.73. The molecule has 0 spiro atoms. The van der Waals surface area contributed by atoms with Crippen molar-refractivity contribution in [3.05, 3.63) is 135 Å². The van der Waals surface area contributed by atoms with Crippen molar-refractivity contribution < 1.29 is 0 Å². The van der Waals surface area contributed by atoms with Gasteiger partial charge in [0, 0.05) is 94.6 Å². The predicted octanol–water partition coefficient (Wildman–Crippen LogP) is 1.98. The van der Waals surface area contributed by atoms with Crippen LogP contribution in [0.5, 0.6) is 0 Å². The van der Waals surface area contributed by atoms with Gasteiger partial charge in [-0.15, -0.1) is 0 Å².